The fourth-order valence-corrected chi connectivity index (χ4v) is 2.68. The summed E-state index contributed by atoms with van der Waals surface area (Å²) in [5.41, 5.74) is 6.29. The molecule has 0 unspecified atom stereocenters. The highest BCUT2D eigenvalue weighted by Crippen LogP contribution is 2.12. The maximum Gasteiger partial charge on any atom is 0.242 e. The number of ether oxygens (including phenoxy) is 1. The zero-order valence-electron chi connectivity index (χ0n) is 11.7. The van der Waals surface area contributed by atoms with Crippen molar-refractivity contribution < 1.29 is 13.2 Å². The minimum atomic E-state index is -3.48. The molecule has 0 saturated carbocycles. The Morgan fingerprint density at radius 2 is 2.16 bits per heavy atom. The van der Waals surface area contributed by atoms with E-state index in [4.69, 9.17) is 10.5 Å². The first-order chi connectivity index (χ1) is 8.86. The number of hydrogen-bond acceptors (Lipinski definition) is 4. The normalized spacial score (nSPS) is 12.3. The Balaban J connectivity index is 2.51. The van der Waals surface area contributed by atoms with E-state index < -0.39 is 10.0 Å². The van der Waals surface area contributed by atoms with Crippen molar-refractivity contribution in [2.75, 3.05) is 19.8 Å². The van der Waals surface area contributed by atoms with Gasteiger partial charge >= 0.3 is 0 Å². The van der Waals surface area contributed by atoms with Gasteiger partial charge in [-0.1, -0.05) is 13.8 Å². The van der Waals surface area contributed by atoms with Crippen LogP contribution in [0.15, 0.2) is 17.2 Å². The Labute approximate surface area is 115 Å². The van der Waals surface area contributed by atoms with Gasteiger partial charge in [-0.15, -0.1) is 0 Å². The molecule has 0 atom stereocenters. The van der Waals surface area contributed by atoms with Crippen LogP contribution in [0.2, 0.25) is 0 Å². The largest absolute Gasteiger partial charge is 0.380 e. The lowest BCUT2D eigenvalue weighted by atomic mass is 10.2. The number of rotatable bonds is 8. The zero-order valence-corrected chi connectivity index (χ0v) is 12.5. The van der Waals surface area contributed by atoms with E-state index >= 15 is 0 Å². The second-order valence-corrected chi connectivity index (χ2v) is 6.62. The SMILES string of the molecule is CC(C)COCCNS(=O)(=O)c1cc(CN)n(C)c1. The molecule has 0 bridgehead atoms. The van der Waals surface area contributed by atoms with E-state index in [2.05, 4.69) is 4.72 Å². The van der Waals surface area contributed by atoms with Gasteiger partial charge in [0.1, 0.15) is 0 Å². The average molecular weight is 289 g/mol. The molecule has 0 saturated heterocycles. The summed E-state index contributed by atoms with van der Waals surface area (Å²) in [7, 11) is -1.71. The van der Waals surface area contributed by atoms with Crippen molar-refractivity contribution in [3.63, 3.8) is 0 Å². The first kappa shape index (κ1) is 16.2. The molecule has 0 fully saturated rings. The fraction of sp³-hybridized carbons (Fsp3) is 0.667. The molecule has 19 heavy (non-hydrogen) atoms. The predicted molar refractivity (Wildman–Crippen MR) is 74.1 cm³/mol. The van der Waals surface area contributed by atoms with Crippen LogP contribution < -0.4 is 10.5 Å². The summed E-state index contributed by atoms with van der Waals surface area (Å²) in [5, 5.41) is 0. The maximum atomic E-state index is 12.0. The van der Waals surface area contributed by atoms with E-state index in [9.17, 15) is 8.42 Å². The molecular weight excluding hydrogens is 266 g/mol. The third-order valence-corrected chi connectivity index (χ3v) is 4.02. The molecule has 1 aromatic rings. The lowest BCUT2D eigenvalue weighted by molar-refractivity contribution is 0.114. The maximum absolute atomic E-state index is 12.0. The highest BCUT2D eigenvalue weighted by molar-refractivity contribution is 7.89. The third kappa shape index (κ3) is 4.94. The summed E-state index contributed by atoms with van der Waals surface area (Å²) >= 11 is 0. The van der Waals surface area contributed by atoms with E-state index in [1.54, 1.807) is 23.9 Å². The van der Waals surface area contributed by atoms with Gasteiger partial charge in [0, 0.05) is 38.6 Å². The molecule has 0 aliphatic heterocycles. The molecule has 3 N–H and O–H groups in total. The topological polar surface area (TPSA) is 86.3 Å². The van der Waals surface area contributed by atoms with Gasteiger partial charge < -0.3 is 15.0 Å². The van der Waals surface area contributed by atoms with Gasteiger partial charge in [-0.25, -0.2) is 13.1 Å². The monoisotopic (exact) mass is 289 g/mol. The molecule has 0 radical (unpaired) electrons. The van der Waals surface area contributed by atoms with E-state index in [1.807, 2.05) is 13.8 Å². The van der Waals surface area contributed by atoms with Crippen molar-refractivity contribution in [3.05, 3.63) is 18.0 Å². The van der Waals surface area contributed by atoms with Crippen LogP contribution in [-0.2, 0) is 28.4 Å². The number of sulfonamides is 1. The minimum Gasteiger partial charge on any atom is -0.380 e. The van der Waals surface area contributed by atoms with Crippen molar-refractivity contribution in [3.8, 4) is 0 Å². The standard InChI is InChI=1S/C12H23N3O3S/c1-10(2)9-18-5-4-14-19(16,17)12-6-11(7-13)15(3)8-12/h6,8,10,14H,4-5,7,9,13H2,1-3H3. The first-order valence-corrected chi connectivity index (χ1v) is 7.78. The van der Waals surface area contributed by atoms with Gasteiger partial charge in [0.05, 0.1) is 11.5 Å². The van der Waals surface area contributed by atoms with Crippen LogP contribution in [0.1, 0.15) is 19.5 Å². The molecule has 0 amide bonds. The molecule has 1 rings (SSSR count). The summed E-state index contributed by atoms with van der Waals surface area (Å²) in [6.45, 7) is 5.66. The molecule has 0 aliphatic rings. The van der Waals surface area contributed by atoms with Gasteiger partial charge in [-0.2, -0.15) is 0 Å². The van der Waals surface area contributed by atoms with Crippen LogP contribution in [0.5, 0.6) is 0 Å². The Hall–Kier alpha value is -0.890. The number of nitrogens with one attached hydrogen (secondary N) is 1. The molecule has 110 valence electrons. The van der Waals surface area contributed by atoms with E-state index in [1.165, 1.54) is 0 Å². The molecule has 0 spiro atoms. The number of nitrogens with two attached hydrogens (primary N) is 1. The van der Waals surface area contributed by atoms with Gasteiger partial charge in [-0.05, 0) is 12.0 Å². The summed E-state index contributed by atoms with van der Waals surface area (Å²) in [5.74, 6) is 0.442. The van der Waals surface area contributed by atoms with E-state index in [0.717, 1.165) is 5.69 Å². The average Bonchev–Trinajstić information content (AvgIpc) is 2.70. The zero-order chi connectivity index (χ0) is 14.5. The van der Waals surface area contributed by atoms with Gasteiger partial charge in [0.25, 0.3) is 0 Å². The van der Waals surface area contributed by atoms with Crippen molar-refractivity contribution >= 4 is 10.0 Å². The lowest BCUT2D eigenvalue weighted by Gasteiger charge is -2.07. The highest BCUT2D eigenvalue weighted by atomic mass is 32.2. The fourth-order valence-electron chi connectivity index (χ4n) is 1.58. The number of aryl methyl sites for hydroxylation is 1. The predicted octanol–water partition coefficient (Wildman–Crippen LogP) is 0.435. The van der Waals surface area contributed by atoms with Crippen molar-refractivity contribution in [1.82, 2.24) is 9.29 Å². The second kappa shape index (κ2) is 7.04. The van der Waals surface area contributed by atoms with Crippen molar-refractivity contribution in [2.24, 2.45) is 18.7 Å². The van der Waals surface area contributed by atoms with Crippen LogP contribution >= 0.6 is 0 Å². The van der Waals surface area contributed by atoms with Crippen molar-refractivity contribution in [2.45, 2.75) is 25.3 Å². The molecule has 0 aromatic carbocycles. The Morgan fingerprint density at radius 1 is 1.47 bits per heavy atom. The van der Waals surface area contributed by atoms with E-state index in [0.29, 0.717) is 25.7 Å². The quantitative estimate of drug-likeness (QED) is 0.680. The van der Waals surface area contributed by atoms with Gasteiger partial charge in [-0.3, -0.25) is 0 Å². The highest BCUT2D eigenvalue weighted by Gasteiger charge is 2.16. The van der Waals surface area contributed by atoms with Crippen LogP contribution in [-0.4, -0.2) is 32.7 Å². The Kier molecular flexibility index (Phi) is 5.99. The van der Waals surface area contributed by atoms with Gasteiger partial charge in [0.15, 0.2) is 0 Å². The molecule has 7 heteroatoms. The smallest absolute Gasteiger partial charge is 0.242 e. The minimum absolute atomic E-state index is 0.235. The molecular formula is C12H23N3O3S. The second-order valence-electron chi connectivity index (χ2n) is 4.85. The Morgan fingerprint density at radius 3 is 2.68 bits per heavy atom. The lowest BCUT2D eigenvalue weighted by Crippen LogP contribution is -2.27. The summed E-state index contributed by atoms with van der Waals surface area (Å²) < 4.78 is 33.5. The molecule has 6 nitrogen and oxygen atoms in total. The van der Waals surface area contributed by atoms with Crippen LogP contribution in [0.4, 0.5) is 0 Å². The number of aromatic nitrogens is 1. The van der Waals surface area contributed by atoms with Gasteiger partial charge in [0.2, 0.25) is 10.0 Å². The van der Waals surface area contributed by atoms with Crippen LogP contribution in [0.25, 0.3) is 0 Å². The van der Waals surface area contributed by atoms with Crippen LogP contribution in [0.3, 0.4) is 0 Å². The first-order valence-electron chi connectivity index (χ1n) is 6.29. The molecule has 0 aliphatic carbocycles. The summed E-state index contributed by atoms with van der Waals surface area (Å²) in [6.07, 6.45) is 1.56. The summed E-state index contributed by atoms with van der Waals surface area (Å²) in [4.78, 5) is 0.235. The third-order valence-electron chi connectivity index (χ3n) is 2.59. The summed E-state index contributed by atoms with van der Waals surface area (Å²) in [6, 6.07) is 1.58. The Bertz CT molecular complexity index is 494. The molecule has 1 aromatic heterocycles. The number of nitrogens with zero attached hydrogens (tertiary/aromatic N) is 1. The number of hydrogen-bond donors (Lipinski definition) is 2. The molecule has 1 heterocycles. The van der Waals surface area contributed by atoms with E-state index in [-0.39, 0.29) is 11.4 Å². The van der Waals surface area contributed by atoms with Crippen LogP contribution in [0, 0.1) is 5.92 Å². The van der Waals surface area contributed by atoms with Crippen molar-refractivity contribution in [1.29, 1.82) is 0 Å².